The number of carbonyl (C=O) groups is 1. The zero-order valence-corrected chi connectivity index (χ0v) is 19.1. The van der Waals surface area contributed by atoms with Crippen LogP contribution in [0.1, 0.15) is 37.1 Å². The quantitative estimate of drug-likeness (QED) is 0.582. The minimum absolute atomic E-state index is 0.164. The van der Waals surface area contributed by atoms with Crippen LogP contribution in [0.2, 0.25) is 0 Å². The van der Waals surface area contributed by atoms with Gasteiger partial charge in [0.05, 0.1) is 24.1 Å². The maximum Gasteiger partial charge on any atom is 0.246 e. The number of aromatic nitrogens is 3. The molecule has 0 radical (unpaired) electrons. The van der Waals surface area contributed by atoms with Crippen LogP contribution in [0.5, 0.6) is 0 Å². The van der Waals surface area contributed by atoms with E-state index < -0.39 is 10.0 Å². The van der Waals surface area contributed by atoms with E-state index in [4.69, 9.17) is 4.52 Å². The molecule has 170 valence electrons. The van der Waals surface area contributed by atoms with E-state index in [0.29, 0.717) is 35.9 Å². The number of nitrogens with zero attached hydrogens (tertiary/aromatic N) is 4. The number of carbonyl (C=O) groups excluding carboxylic acids is 1. The number of amides is 1. The molecule has 0 aliphatic carbocycles. The van der Waals surface area contributed by atoms with Gasteiger partial charge in [-0.25, -0.2) is 8.42 Å². The van der Waals surface area contributed by atoms with Crippen molar-refractivity contribution in [3.63, 3.8) is 0 Å². The maximum atomic E-state index is 13.1. The van der Waals surface area contributed by atoms with Crippen molar-refractivity contribution in [2.24, 2.45) is 0 Å². The Morgan fingerprint density at radius 2 is 1.94 bits per heavy atom. The summed E-state index contributed by atoms with van der Waals surface area (Å²) in [7, 11) is -3.58. The third kappa shape index (κ3) is 4.61. The molecule has 4 rings (SSSR count). The van der Waals surface area contributed by atoms with Gasteiger partial charge in [0.1, 0.15) is 4.90 Å². The first-order valence-electron chi connectivity index (χ1n) is 10.7. The van der Waals surface area contributed by atoms with E-state index in [1.807, 2.05) is 18.2 Å². The Bertz CT molecular complexity index is 1200. The number of nitrogens with one attached hydrogen (secondary N) is 1. The van der Waals surface area contributed by atoms with Crippen molar-refractivity contribution in [3.05, 3.63) is 47.9 Å². The summed E-state index contributed by atoms with van der Waals surface area (Å²) in [5.74, 6) is 0.430. The summed E-state index contributed by atoms with van der Waals surface area (Å²) in [5.41, 5.74) is 2.48. The Balaban J connectivity index is 1.43. The molecule has 9 nitrogen and oxygen atoms in total. The van der Waals surface area contributed by atoms with Crippen molar-refractivity contribution in [3.8, 4) is 11.3 Å². The van der Waals surface area contributed by atoms with Crippen LogP contribution < -0.4 is 5.32 Å². The van der Waals surface area contributed by atoms with E-state index >= 15 is 0 Å². The fourth-order valence-corrected chi connectivity index (χ4v) is 5.94. The Morgan fingerprint density at radius 3 is 2.66 bits per heavy atom. The molecule has 1 aliphatic heterocycles. The van der Waals surface area contributed by atoms with Gasteiger partial charge < -0.3 is 9.84 Å². The van der Waals surface area contributed by atoms with Gasteiger partial charge in [-0.15, -0.1) is 0 Å². The molecule has 1 saturated heterocycles. The third-order valence-electron chi connectivity index (χ3n) is 5.65. The van der Waals surface area contributed by atoms with E-state index in [9.17, 15) is 13.2 Å². The topological polar surface area (TPSA) is 110 Å². The normalized spacial score (nSPS) is 15.1. The van der Waals surface area contributed by atoms with E-state index in [1.54, 1.807) is 41.2 Å². The Labute approximate surface area is 187 Å². The lowest BCUT2D eigenvalue weighted by Gasteiger charge is -2.26. The van der Waals surface area contributed by atoms with Crippen molar-refractivity contribution in [1.29, 1.82) is 0 Å². The summed E-state index contributed by atoms with van der Waals surface area (Å²) in [4.78, 5) is 12.8. The molecule has 1 amide bonds. The molecule has 0 atom stereocenters. The zero-order valence-electron chi connectivity index (χ0n) is 18.2. The van der Waals surface area contributed by atoms with Gasteiger partial charge in [0, 0.05) is 36.8 Å². The van der Waals surface area contributed by atoms with Crippen LogP contribution in [0.15, 0.2) is 45.9 Å². The number of hydrogen-bond donors (Lipinski definition) is 1. The van der Waals surface area contributed by atoms with E-state index in [1.165, 1.54) is 0 Å². The molecule has 0 unspecified atom stereocenters. The fourth-order valence-electron chi connectivity index (χ4n) is 4.05. The van der Waals surface area contributed by atoms with Gasteiger partial charge in [-0.05, 0) is 38.8 Å². The van der Waals surface area contributed by atoms with Crippen LogP contribution in [-0.4, -0.2) is 46.7 Å². The largest absolute Gasteiger partial charge is 0.356 e. The van der Waals surface area contributed by atoms with Crippen LogP contribution in [0.3, 0.4) is 0 Å². The second-order valence-electron chi connectivity index (χ2n) is 7.94. The molecule has 0 saturated carbocycles. The molecule has 2 aromatic heterocycles. The van der Waals surface area contributed by atoms with E-state index in [-0.39, 0.29) is 23.8 Å². The highest BCUT2D eigenvalue weighted by Gasteiger charge is 2.31. The number of piperidine rings is 1. The van der Waals surface area contributed by atoms with Crippen LogP contribution in [-0.2, 0) is 21.4 Å². The predicted molar refractivity (Wildman–Crippen MR) is 119 cm³/mol. The minimum Gasteiger partial charge on any atom is -0.356 e. The lowest BCUT2D eigenvalue weighted by Crippen LogP contribution is -2.36. The first-order chi connectivity index (χ1) is 15.4. The predicted octanol–water partition coefficient (Wildman–Crippen LogP) is 3.36. The lowest BCUT2D eigenvalue weighted by atomic mass is 10.1. The second kappa shape index (κ2) is 9.25. The van der Waals surface area contributed by atoms with Crippen LogP contribution >= 0.6 is 0 Å². The number of rotatable bonds is 7. The molecule has 1 N–H and O–H groups in total. The highest BCUT2D eigenvalue weighted by atomic mass is 32.2. The molecule has 1 aliphatic rings. The van der Waals surface area contributed by atoms with E-state index in [2.05, 4.69) is 15.6 Å². The lowest BCUT2D eigenvalue weighted by molar-refractivity contribution is -0.116. The number of sulfonamides is 1. The Kier molecular flexibility index (Phi) is 6.43. The molecule has 1 aromatic carbocycles. The maximum absolute atomic E-state index is 13.1. The zero-order chi connectivity index (χ0) is 22.7. The van der Waals surface area contributed by atoms with Gasteiger partial charge in [0.15, 0.2) is 5.76 Å². The van der Waals surface area contributed by atoms with Gasteiger partial charge in [-0.2, -0.15) is 9.40 Å². The van der Waals surface area contributed by atoms with Crippen LogP contribution in [0.25, 0.3) is 11.3 Å². The SMILES string of the molecule is Cc1nn(CCC(=O)Nc2cccc(-c3ccno3)c2)c(C)c1S(=O)(=O)N1CCCCC1. The summed E-state index contributed by atoms with van der Waals surface area (Å²) < 4.78 is 34.6. The summed E-state index contributed by atoms with van der Waals surface area (Å²) in [6, 6.07) is 9.05. The first kappa shape index (κ1) is 22.2. The first-order valence-corrected chi connectivity index (χ1v) is 12.2. The van der Waals surface area contributed by atoms with Gasteiger partial charge in [-0.3, -0.25) is 9.48 Å². The molecule has 32 heavy (non-hydrogen) atoms. The summed E-state index contributed by atoms with van der Waals surface area (Å²) in [6.45, 7) is 4.82. The molecule has 1 fully saturated rings. The monoisotopic (exact) mass is 457 g/mol. The number of anilines is 1. The van der Waals surface area contributed by atoms with Crippen molar-refractivity contribution >= 4 is 21.6 Å². The summed E-state index contributed by atoms with van der Waals surface area (Å²) in [6.07, 6.45) is 4.54. The van der Waals surface area contributed by atoms with Crippen molar-refractivity contribution < 1.29 is 17.7 Å². The second-order valence-corrected chi connectivity index (χ2v) is 9.82. The molecular formula is C22H27N5O4S. The molecule has 0 bridgehead atoms. The van der Waals surface area contributed by atoms with Crippen molar-refractivity contribution in [1.82, 2.24) is 19.2 Å². The molecule has 3 aromatic rings. The summed E-state index contributed by atoms with van der Waals surface area (Å²) in [5, 5.41) is 11.0. The van der Waals surface area contributed by atoms with Crippen molar-refractivity contribution in [2.45, 2.75) is 51.0 Å². The van der Waals surface area contributed by atoms with E-state index in [0.717, 1.165) is 24.8 Å². The number of aryl methyl sites for hydroxylation is 2. The van der Waals surface area contributed by atoms with Crippen LogP contribution in [0, 0.1) is 13.8 Å². The Hall–Kier alpha value is -2.98. The minimum atomic E-state index is -3.58. The third-order valence-corrected chi connectivity index (χ3v) is 7.80. The smallest absolute Gasteiger partial charge is 0.246 e. The highest BCUT2D eigenvalue weighted by molar-refractivity contribution is 7.89. The Morgan fingerprint density at radius 1 is 1.16 bits per heavy atom. The number of hydrogen-bond acceptors (Lipinski definition) is 6. The van der Waals surface area contributed by atoms with Gasteiger partial charge in [0.25, 0.3) is 0 Å². The fraction of sp³-hybridized carbons (Fsp3) is 0.409. The number of benzene rings is 1. The molecule has 0 spiro atoms. The standard InChI is InChI=1S/C22H27N5O4S/c1-16-22(32(29,30)26-12-4-3-5-13-26)17(2)27(25-16)14-10-21(28)24-19-8-6-7-18(15-19)20-9-11-23-31-20/h6-9,11,15H,3-5,10,12-14H2,1-2H3,(H,24,28). The van der Waals surface area contributed by atoms with Crippen LogP contribution in [0.4, 0.5) is 5.69 Å². The molecular weight excluding hydrogens is 430 g/mol. The highest BCUT2D eigenvalue weighted by Crippen LogP contribution is 2.26. The van der Waals surface area contributed by atoms with Gasteiger partial charge >= 0.3 is 0 Å². The summed E-state index contributed by atoms with van der Waals surface area (Å²) >= 11 is 0. The average Bonchev–Trinajstić information content (AvgIpc) is 3.41. The van der Waals surface area contributed by atoms with Crippen molar-refractivity contribution in [2.75, 3.05) is 18.4 Å². The average molecular weight is 458 g/mol. The molecule has 10 heteroatoms. The van der Waals surface area contributed by atoms with Gasteiger partial charge in [0.2, 0.25) is 15.9 Å². The molecule has 3 heterocycles. The van der Waals surface area contributed by atoms with Gasteiger partial charge in [-0.1, -0.05) is 23.7 Å².